The fraction of sp³-hybridized carbons (Fsp3) is 0.760. The maximum atomic E-state index is 10.5. The highest BCUT2D eigenvalue weighted by molar-refractivity contribution is 8.77. The largest absolute Gasteiger partial charge is 0.508 e. The molecule has 642 valence electrons. The van der Waals surface area contributed by atoms with Crippen molar-refractivity contribution in [2.45, 2.75) is 465 Å². The summed E-state index contributed by atoms with van der Waals surface area (Å²) in [4.78, 5) is 0. The molecular weight excluding hydrogens is 1590 g/mol. The molecule has 4 nitrogen and oxygen atoms in total. The molecule has 14 heteroatoms. The van der Waals surface area contributed by atoms with Crippen molar-refractivity contribution in [1.82, 2.24) is 0 Å². The number of hydrogen-bond donors (Lipinski definition) is 4. The van der Waals surface area contributed by atoms with Gasteiger partial charge in [0, 0.05) is 95.0 Å². The Balaban J connectivity index is 0.000000241. The highest BCUT2D eigenvalue weighted by Crippen LogP contribution is 2.60. The SMILES string of the molecule is CCCC1SC(CC2CS2)C(CC2SC2CCCCCCCc2ccc(C(C)(C)C)c(O)c2)SSC1CC1SC1CCCCCCCc1ccc(C(C)(C)C)c(O)c1.CCCC1SC(CCC)C(CC2SC2CCCCCCCc2ccc(C(C)(C)C)c(O)c2)SC1CC1SC1CCCCCCCc1ccc(C(C)(C)C)c(O)c1. The number of benzene rings is 4. The maximum absolute atomic E-state index is 10.5. The van der Waals surface area contributed by atoms with E-state index >= 15 is 0 Å². The molecule has 7 heterocycles. The van der Waals surface area contributed by atoms with Crippen LogP contribution in [0.3, 0.4) is 0 Å². The van der Waals surface area contributed by atoms with Crippen molar-refractivity contribution in [3.8, 4) is 23.0 Å². The standard InChI is InChI=1S/C50H78O2S6.C50H80O2S4/c1-8-19-41-47(31-45-42(55-45)22-17-13-9-11-15-20-34-24-26-37(39(51)28-34)49(2,3)4)57-58-48(44(54-41)30-36-33-53-36)32-46-43(56-46)23-18-14-10-12-16-21-35-25-27-38(40(52)29-35)50(5,6)7;1-9-21-41-45(33-47-43(54-47)25-19-15-11-13-17-23-35-27-29-37(39(51)31-35)49(3,4)5)56-46(42(53-41)22-10-2)34-48-44(55-48)26-20-16-12-14-18-24-36-28-30-38(40(52)32-36)50(6,7)8/h24-29,36,41-48,51-52H,8-23,30-33H2,1-7H3;27-32,41-48,51-52H,9-26,33-34H2,1-8H3. The Morgan fingerprint density at radius 2 is 0.456 bits per heavy atom. The molecule has 0 aliphatic carbocycles. The minimum absolute atomic E-state index is 0.0106. The summed E-state index contributed by atoms with van der Waals surface area (Å²) in [6.07, 6.45) is 52.2. The van der Waals surface area contributed by atoms with Crippen LogP contribution in [-0.2, 0) is 47.3 Å². The third-order valence-corrected chi connectivity index (χ3v) is 41.9. The van der Waals surface area contributed by atoms with Crippen LogP contribution in [0.25, 0.3) is 0 Å². The van der Waals surface area contributed by atoms with Crippen LogP contribution in [-0.4, -0.2) is 115 Å². The molecule has 0 aromatic heterocycles. The van der Waals surface area contributed by atoms with E-state index in [1.165, 1.54) is 253 Å². The van der Waals surface area contributed by atoms with E-state index in [9.17, 15) is 20.4 Å². The monoisotopic (exact) mass is 1740 g/mol. The van der Waals surface area contributed by atoms with Crippen LogP contribution in [0.15, 0.2) is 72.8 Å². The molecule has 114 heavy (non-hydrogen) atoms. The van der Waals surface area contributed by atoms with Crippen LogP contribution < -0.4 is 0 Å². The van der Waals surface area contributed by atoms with Crippen LogP contribution in [0.1, 0.15) is 373 Å². The van der Waals surface area contributed by atoms with E-state index < -0.39 is 0 Å². The van der Waals surface area contributed by atoms with E-state index in [4.69, 9.17) is 0 Å². The number of hydrogen-bond acceptors (Lipinski definition) is 14. The number of aromatic hydroxyl groups is 4. The Morgan fingerprint density at radius 1 is 0.254 bits per heavy atom. The summed E-state index contributed by atoms with van der Waals surface area (Å²) < 4.78 is 0. The van der Waals surface area contributed by atoms with Crippen molar-refractivity contribution in [1.29, 1.82) is 0 Å². The number of phenolic OH excluding ortho intramolecular Hbond substituents is 4. The van der Waals surface area contributed by atoms with Crippen molar-refractivity contribution in [3.63, 3.8) is 0 Å². The second-order valence-corrected chi connectivity index (χ2v) is 54.4. The van der Waals surface area contributed by atoms with Gasteiger partial charge >= 0.3 is 0 Å². The summed E-state index contributed by atoms with van der Waals surface area (Å²) in [5, 5.41) is 57.1. The third-order valence-electron chi connectivity index (χ3n) is 25.5. The molecule has 0 saturated carbocycles. The second-order valence-electron chi connectivity index (χ2n) is 39.9. The fourth-order valence-electron chi connectivity index (χ4n) is 18.3. The van der Waals surface area contributed by atoms with Crippen LogP contribution >= 0.6 is 116 Å². The lowest BCUT2D eigenvalue weighted by Crippen LogP contribution is -2.38. The van der Waals surface area contributed by atoms with Crippen LogP contribution in [0, 0.1) is 0 Å². The summed E-state index contributed by atoms with van der Waals surface area (Å²) in [5.41, 5.74) is 9.28. The van der Waals surface area contributed by atoms with Crippen LogP contribution in [0.5, 0.6) is 23.0 Å². The number of thioether (sulfide) groups is 8. The van der Waals surface area contributed by atoms with Gasteiger partial charge < -0.3 is 20.4 Å². The Labute approximate surface area is 740 Å². The first-order valence-electron chi connectivity index (χ1n) is 46.4. The van der Waals surface area contributed by atoms with Gasteiger partial charge in [0.15, 0.2) is 0 Å². The average molecular weight is 1750 g/mol. The molecule has 4 aromatic rings. The molecule has 7 aliphatic heterocycles. The highest BCUT2D eigenvalue weighted by atomic mass is 33.1. The predicted octanol–water partition coefficient (Wildman–Crippen LogP) is 31.3. The summed E-state index contributed by atoms with van der Waals surface area (Å²) in [7, 11) is 4.68. The molecule has 0 bridgehead atoms. The summed E-state index contributed by atoms with van der Waals surface area (Å²) >= 11 is 18.8. The van der Waals surface area contributed by atoms with Crippen LogP contribution in [0.4, 0.5) is 0 Å². The molecule has 17 unspecified atom stereocenters. The topological polar surface area (TPSA) is 80.9 Å². The highest BCUT2D eigenvalue weighted by Gasteiger charge is 2.49. The zero-order chi connectivity index (χ0) is 81.6. The molecule has 4 aromatic carbocycles. The van der Waals surface area contributed by atoms with E-state index in [-0.39, 0.29) is 21.7 Å². The average Bonchev–Trinajstić information content (AvgIpc) is 1.63. The van der Waals surface area contributed by atoms with E-state index in [1.807, 2.05) is 24.3 Å². The zero-order valence-electron chi connectivity index (χ0n) is 73.9. The molecule has 7 aliphatic rings. The van der Waals surface area contributed by atoms with Gasteiger partial charge in [0.05, 0.1) is 0 Å². The molecule has 0 spiro atoms. The quantitative estimate of drug-likeness (QED) is 0.0193. The van der Waals surface area contributed by atoms with Crippen molar-refractivity contribution in [2.24, 2.45) is 0 Å². The summed E-state index contributed by atoms with van der Waals surface area (Å²) in [6, 6.07) is 25.4. The van der Waals surface area contributed by atoms with Crippen molar-refractivity contribution < 1.29 is 20.4 Å². The van der Waals surface area contributed by atoms with Gasteiger partial charge in [-0.1, -0.05) is 296 Å². The number of phenols is 4. The Bertz CT molecular complexity index is 3350. The number of aryl methyl sites for hydroxylation is 4. The lowest BCUT2D eigenvalue weighted by atomic mass is 9.85. The Hall–Kier alpha value is -0.420. The minimum atomic E-state index is -0.0111. The normalized spacial score (nSPS) is 27.4. The molecule has 0 amide bonds. The van der Waals surface area contributed by atoms with Gasteiger partial charge in [0.1, 0.15) is 23.0 Å². The van der Waals surface area contributed by atoms with Gasteiger partial charge in [-0.2, -0.15) is 94.1 Å². The van der Waals surface area contributed by atoms with E-state index in [1.54, 1.807) is 0 Å². The van der Waals surface area contributed by atoms with E-state index in [0.717, 1.165) is 137 Å². The first-order valence-corrected chi connectivity index (χ1v) is 56.3. The number of unbranched alkanes of at least 4 members (excludes halogenated alkanes) is 16. The molecule has 7 fully saturated rings. The van der Waals surface area contributed by atoms with E-state index in [2.05, 4.69) is 268 Å². The molecule has 0 radical (unpaired) electrons. The lowest BCUT2D eigenvalue weighted by molar-refractivity contribution is 0.445. The van der Waals surface area contributed by atoms with Gasteiger partial charge in [-0.25, -0.2) is 0 Å². The Morgan fingerprint density at radius 3 is 0.702 bits per heavy atom. The number of rotatable bonds is 48. The van der Waals surface area contributed by atoms with Gasteiger partial charge in [-0.15, -0.1) is 0 Å². The van der Waals surface area contributed by atoms with Crippen molar-refractivity contribution >= 4 is 116 Å². The molecule has 17 atom stereocenters. The van der Waals surface area contributed by atoms with Crippen molar-refractivity contribution in [3.05, 3.63) is 117 Å². The molecule has 7 saturated heterocycles. The smallest absolute Gasteiger partial charge is 0.119 e. The third kappa shape index (κ3) is 32.6. The molecular formula is C100H158O4S10. The van der Waals surface area contributed by atoms with Crippen molar-refractivity contribution in [2.75, 3.05) is 5.75 Å². The van der Waals surface area contributed by atoms with Gasteiger partial charge in [0.25, 0.3) is 0 Å². The fourth-order valence-corrected chi connectivity index (χ4v) is 35.1. The first kappa shape index (κ1) is 95.8. The van der Waals surface area contributed by atoms with Gasteiger partial charge in [0.2, 0.25) is 0 Å². The van der Waals surface area contributed by atoms with Gasteiger partial charge in [-0.05, 0) is 219 Å². The van der Waals surface area contributed by atoms with Gasteiger partial charge in [-0.3, -0.25) is 0 Å². The van der Waals surface area contributed by atoms with E-state index in [0.29, 0.717) is 23.0 Å². The second kappa shape index (κ2) is 47.1. The summed E-state index contributed by atoms with van der Waals surface area (Å²) in [6.45, 7) is 33.2. The maximum Gasteiger partial charge on any atom is 0.119 e. The lowest BCUT2D eigenvalue weighted by Gasteiger charge is -2.41. The first-order chi connectivity index (χ1) is 54.5. The minimum Gasteiger partial charge on any atom is -0.508 e. The van der Waals surface area contributed by atoms with Crippen LogP contribution in [0.2, 0.25) is 0 Å². The summed E-state index contributed by atoms with van der Waals surface area (Å²) in [5.74, 6) is 3.27. The predicted molar refractivity (Wildman–Crippen MR) is 526 cm³/mol. The Kier molecular flexibility index (Phi) is 39.5. The molecule has 4 N–H and O–H groups in total. The zero-order valence-corrected chi connectivity index (χ0v) is 82.1. The molecule has 11 rings (SSSR count).